The second kappa shape index (κ2) is 4.12. The summed E-state index contributed by atoms with van der Waals surface area (Å²) in [5.74, 6) is 0.453. The summed E-state index contributed by atoms with van der Waals surface area (Å²) < 4.78 is 0. The van der Waals surface area contributed by atoms with Crippen LogP contribution in [0.3, 0.4) is 0 Å². The molecule has 1 spiro atoms. The van der Waals surface area contributed by atoms with E-state index in [1.54, 1.807) is 30.5 Å². The molecule has 0 radical (unpaired) electrons. The van der Waals surface area contributed by atoms with E-state index in [2.05, 4.69) is 10.5 Å². The summed E-state index contributed by atoms with van der Waals surface area (Å²) in [5, 5.41) is 13.1. The third kappa shape index (κ3) is 1.98. The maximum absolute atomic E-state index is 11.8. The lowest BCUT2D eigenvalue weighted by Gasteiger charge is -2.25. The molecule has 1 amide bonds. The Hall–Kier alpha value is -1.84. The van der Waals surface area contributed by atoms with E-state index in [9.17, 15) is 4.79 Å². The average molecular weight is 244 g/mol. The van der Waals surface area contributed by atoms with Gasteiger partial charge in [0.05, 0.1) is 6.21 Å². The molecule has 4 heteroatoms. The highest BCUT2D eigenvalue weighted by atomic mass is 16.3. The molecule has 3 rings (SSSR count). The van der Waals surface area contributed by atoms with Gasteiger partial charge in [-0.2, -0.15) is 5.10 Å². The van der Waals surface area contributed by atoms with Crippen LogP contribution in [0.5, 0.6) is 5.75 Å². The number of nitrogens with zero attached hydrogens (tertiary/aromatic N) is 1. The second-order valence-electron chi connectivity index (χ2n) is 5.30. The third-order valence-corrected chi connectivity index (χ3v) is 4.14. The van der Waals surface area contributed by atoms with Crippen molar-refractivity contribution in [3.05, 3.63) is 29.8 Å². The van der Waals surface area contributed by atoms with E-state index in [1.165, 1.54) is 19.3 Å². The number of carbonyl (C=O) groups excluding carboxylic acids is 1. The Morgan fingerprint density at radius 2 is 2.11 bits per heavy atom. The molecule has 1 aromatic rings. The van der Waals surface area contributed by atoms with Crippen LogP contribution < -0.4 is 5.43 Å². The van der Waals surface area contributed by atoms with Gasteiger partial charge in [-0.25, -0.2) is 5.43 Å². The van der Waals surface area contributed by atoms with Gasteiger partial charge in [0.25, 0.3) is 0 Å². The first-order valence-corrected chi connectivity index (χ1v) is 6.32. The number of rotatable bonds is 3. The topological polar surface area (TPSA) is 61.7 Å². The van der Waals surface area contributed by atoms with E-state index in [0.717, 1.165) is 12.0 Å². The SMILES string of the molecule is O=C(N/N=C\c1ccc(O)cc1)[C@@H]1CC12CCC2. The third-order valence-electron chi connectivity index (χ3n) is 4.14. The van der Waals surface area contributed by atoms with E-state index in [1.807, 2.05) is 0 Å². The van der Waals surface area contributed by atoms with Crippen molar-refractivity contribution in [3.8, 4) is 5.75 Å². The van der Waals surface area contributed by atoms with Crippen molar-refractivity contribution < 1.29 is 9.90 Å². The summed E-state index contributed by atoms with van der Waals surface area (Å²) in [7, 11) is 0. The van der Waals surface area contributed by atoms with E-state index in [0.29, 0.717) is 5.41 Å². The monoisotopic (exact) mass is 244 g/mol. The quantitative estimate of drug-likeness (QED) is 0.631. The van der Waals surface area contributed by atoms with Crippen LogP contribution in [0.4, 0.5) is 0 Å². The van der Waals surface area contributed by atoms with Gasteiger partial charge in [-0.3, -0.25) is 4.79 Å². The van der Waals surface area contributed by atoms with Gasteiger partial charge in [-0.15, -0.1) is 0 Å². The molecule has 94 valence electrons. The minimum atomic E-state index is 0.0460. The lowest BCUT2D eigenvalue weighted by atomic mass is 9.80. The molecule has 2 aliphatic rings. The summed E-state index contributed by atoms with van der Waals surface area (Å²) >= 11 is 0. The number of hydrogen-bond donors (Lipinski definition) is 2. The van der Waals surface area contributed by atoms with E-state index in [-0.39, 0.29) is 17.6 Å². The van der Waals surface area contributed by atoms with E-state index >= 15 is 0 Å². The first-order chi connectivity index (χ1) is 8.70. The van der Waals surface area contributed by atoms with Crippen molar-refractivity contribution in [1.82, 2.24) is 5.43 Å². The fourth-order valence-corrected chi connectivity index (χ4v) is 2.71. The summed E-state index contributed by atoms with van der Waals surface area (Å²) in [6.45, 7) is 0. The number of benzene rings is 1. The first-order valence-electron chi connectivity index (χ1n) is 6.32. The normalized spacial score (nSPS) is 23.9. The number of nitrogens with one attached hydrogen (secondary N) is 1. The summed E-state index contributed by atoms with van der Waals surface area (Å²) in [5.41, 5.74) is 3.79. The molecule has 0 unspecified atom stereocenters. The van der Waals surface area contributed by atoms with Crippen LogP contribution in [-0.4, -0.2) is 17.2 Å². The van der Waals surface area contributed by atoms with E-state index < -0.39 is 0 Å². The molecule has 0 aliphatic heterocycles. The Labute approximate surface area is 106 Å². The molecule has 1 aromatic carbocycles. The molecule has 2 aliphatic carbocycles. The molecule has 2 saturated carbocycles. The predicted molar refractivity (Wildman–Crippen MR) is 68.2 cm³/mol. The van der Waals surface area contributed by atoms with Crippen LogP contribution in [0, 0.1) is 11.3 Å². The fraction of sp³-hybridized carbons (Fsp3) is 0.429. The first kappa shape index (κ1) is 11.3. The number of hydrazone groups is 1. The van der Waals surface area contributed by atoms with Gasteiger partial charge >= 0.3 is 0 Å². The fourth-order valence-electron chi connectivity index (χ4n) is 2.71. The Bertz CT molecular complexity index is 489. The summed E-state index contributed by atoms with van der Waals surface area (Å²) in [4.78, 5) is 11.8. The van der Waals surface area contributed by atoms with Gasteiger partial charge in [0.2, 0.25) is 5.91 Å². The Morgan fingerprint density at radius 1 is 1.39 bits per heavy atom. The van der Waals surface area contributed by atoms with Gasteiger partial charge in [-0.1, -0.05) is 6.42 Å². The van der Waals surface area contributed by atoms with Crippen molar-refractivity contribution >= 4 is 12.1 Å². The van der Waals surface area contributed by atoms with E-state index in [4.69, 9.17) is 5.11 Å². The molecule has 4 nitrogen and oxygen atoms in total. The van der Waals surface area contributed by atoms with Gasteiger partial charge < -0.3 is 5.11 Å². The number of aromatic hydroxyl groups is 1. The molecular weight excluding hydrogens is 228 g/mol. The highest BCUT2D eigenvalue weighted by Gasteiger charge is 2.60. The number of amides is 1. The molecule has 0 heterocycles. The minimum Gasteiger partial charge on any atom is -0.508 e. The molecule has 0 saturated heterocycles. The lowest BCUT2D eigenvalue weighted by Crippen LogP contribution is -2.26. The highest BCUT2D eigenvalue weighted by Crippen LogP contribution is 2.65. The Morgan fingerprint density at radius 3 is 2.67 bits per heavy atom. The highest BCUT2D eigenvalue weighted by molar-refractivity contribution is 5.85. The molecular formula is C14H16N2O2. The van der Waals surface area contributed by atoms with Crippen LogP contribution in [0.15, 0.2) is 29.4 Å². The van der Waals surface area contributed by atoms with Crippen molar-refractivity contribution in [2.45, 2.75) is 25.7 Å². The Kier molecular flexibility index (Phi) is 2.58. The minimum absolute atomic E-state index is 0.0460. The van der Waals surface area contributed by atoms with Gasteiger partial charge in [0.15, 0.2) is 0 Å². The Balaban J connectivity index is 1.52. The van der Waals surface area contributed by atoms with Gasteiger partial charge in [0.1, 0.15) is 5.75 Å². The zero-order chi connectivity index (χ0) is 12.6. The number of phenolic OH excluding ortho intramolecular Hbond substituents is 1. The van der Waals surface area contributed by atoms with Crippen molar-refractivity contribution in [2.75, 3.05) is 0 Å². The lowest BCUT2D eigenvalue weighted by molar-refractivity contribution is -0.123. The smallest absolute Gasteiger partial charge is 0.243 e. The average Bonchev–Trinajstić information content (AvgIpc) is 3.07. The molecule has 0 bridgehead atoms. The summed E-state index contributed by atoms with van der Waals surface area (Å²) in [6.07, 6.45) is 6.29. The van der Waals surface area contributed by atoms with Gasteiger partial charge in [0, 0.05) is 5.92 Å². The van der Waals surface area contributed by atoms with Crippen LogP contribution >= 0.6 is 0 Å². The molecule has 1 atom stereocenters. The predicted octanol–water partition coefficient (Wildman–Crippen LogP) is 2.03. The maximum Gasteiger partial charge on any atom is 0.243 e. The van der Waals surface area contributed by atoms with Gasteiger partial charge in [-0.05, 0) is 54.5 Å². The maximum atomic E-state index is 11.8. The largest absolute Gasteiger partial charge is 0.508 e. The zero-order valence-corrected chi connectivity index (χ0v) is 10.1. The molecule has 2 fully saturated rings. The molecule has 2 N–H and O–H groups in total. The number of hydrogen-bond acceptors (Lipinski definition) is 3. The van der Waals surface area contributed by atoms with Crippen molar-refractivity contribution in [2.24, 2.45) is 16.4 Å². The van der Waals surface area contributed by atoms with Crippen molar-refractivity contribution in [1.29, 1.82) is 0 Å². The van der Waals surface area contributed by atoms with Crippen molar-refractivity contribution in [3.63, 3.8) is 0 Å². The molecule has 0 aromatic heterocycles. The zero-order valence-electron chi connectivity index (χ0n) is 10.1. The standard InChI is InChI=1S/C14H16N2O2/c17-11-4-2-10(3-5-11)9-15-16-13(18)12-8-14(12)6-1-7-14/h2-5,9,12,17H,1,6-8H2,(H,16,18)/b15-9-/t12-/m0/s1. The summed E-state index contributed by atoms with van der Waals surface area (Å²) in [6, 6.07) is 6.67. The molecule has 18 heavy (non-hydrogen) atoms. The second-order valence-corrected chi connectivity index (χ2v) is 5.30. The van der Waals surface area contributed by atoms with Crippen LogP contribution in [0.1, 0.15) is 31.2 Å². The van der Waals surface area contributed by atoms with Crippen LogP contribution in [-0.2, 0) is 4.79 Å². The number of carbonyl (C=O) groups is 1. The van der Waals surface area contributed by atoms with Crippen LogP contribution in [0.25, 0.3) is 0 Å². The number of phenols is 1. The van der Waals surface area contributed by atoms with Crippen LogP contribution in [0.2, 0.25) is 0 Å².